The van der Waals surface area contributed by atoms with Gasteiger partial charge < -0.3 is 5.32 Å². The number of aryl methyl sites for hydroxylation is 3. The monoisotopic (exact) mass is 275 g/mol. The Kier molecular flexibility index (Phi) is 3.88. The third-order valence-electron chi connectivity index (χ3n) is 3.45. The Bertz CT molecular complexity index is 661. The fraction of sp³-hybridized carbons (Fsp3) is 0.333. The molecule has 0 radical (unpaired) electrons. The van der Waals surface area contributed by atoms with E-state index in [9.17, 15) is 9.18 Å². The summed E-state index contributed by atoms with van der Waals surface area (Å²) in [6, 6.07) is 4.50. The minimum absolute atomic E-state index is 0.0733. The molecule has 106 valence electrons. The quantitative estimate of drug-likeness (QED) is 0.935. The van der Waals surface area contributed by atoms with Gasteiger partial charge in [-0.2, -0.15) is 5.10 Å². The van der Waals surface area contributed by atoms with Gasteiger partial charge in [0.15, 0.2) is 0 Å². The summed E-state index contributed by atoms with van der Waals surface area (Å²) in [7, 11) is 1.86. The number of halogens is 1. The molecule has 0 saturated heterocycles. The van der Waals surface area contributed by atoms with Crippen LogP contribution in [0.3, 0.4) is 0 Å². The van der Waals surface area contributed by atoms with E-state index in [-0.39, 0.29) is 5.56 Å². The van der Waals surface area contributed by atoms with E-state index in [4.69, 9.17) is 0 Å². The first kappa shape index (κ1) is 14.2. The van der Waals surface area contributed by atoms with E-state index in [0.29, 0.717) is 6.54 Å². The van der Waals surface area contributed by atoms with Crippen molar-refractivity contribution in [2.45, 2.75) is 27.3 Å². The topological polar surface area (TPSA) is 46.9 Å². The molecule has 20 heavy (non-hydrogen) atoms. The molecule has 2 aromatic rings. The Morgan fingerprint density at radius 1 is 1.35 bits per heavy atom. The van der Waals surface area contributed by atoms with Crippen LogP contribution in [0.1, 0.15) is 32.9 Å². The van der Waals surface area contributed by atoms with Crippen molar-refractivity contribution in [2.24, 2.45) is 7.05 Å². The summed E-state index contributed by atoms with van der Waals surface area (Å²) in [5.41, 5.74) is 3.76. The fourth-order valence-electron chi connectivity index (χ4n) is 2.15. The number of aromatic nitrogens is 2. The molecule has 0 aliphatic rings. The van der Waals surface area contributed by atoms with Crippen LogP contribution in [0.4, 0.5) is 4.39 Å². The van der Waals surface area contributed by atoms with Crippen LogP contribution in [-0.4, -0.2) is 15.7 Å². The molecule has 5 heteroatoms. The summed E-state index contributed by atoms with van der Waals surface area (Å²) in [5, 5.41) is 7.03. The average molecular weight is 275 g/mol. The molecule has 1 aromatic carbocycles. The van der Waals surface area contributed by atoms with Crippen LogP contribution in [0, 0.1) is 26.6 Å². The van der Waals surface area contributed by atoms with Crippen molar-refractivity contribution in [3.05, 3.63) is 52.1 Å². The lowest BCUT2D eigenvalue weighted by Gasteiger charge is -2.07. The molecule has 0 spiro atoms. The van der Waals surface area contributed by atoms with Gasteiger partial charge in [-0.3, -0.25) is 9.48 Å². The molecule has 0 bridgehead atoms. The number of carbonyl (C=O) groups is 1. The predicted octanol–water partition coefficient (Wildman–Crippen LogP) is 2.41. The molecule has 1 heterocycles. The molecular formula is C15H18FN3O. The molecule has 1 amide bonds. The van der Waals surface area contributed by atoms with E-state index in [1.165, 1.54) is 6.07 Å². The first-order valence-corrected chi connectivity index (χ1v) is 6.43. The van der Waals surface area contributed by atoms with Gasteiger partial charge in [-0.1, -0.05) is 11.6 Å². The smallest absolute Gasteiger partial charge is 0.254 e. The molecule has 0 saturated carbocycles. The van der Waals surface area contributed by atoms with Gasteiger partial charge in [-0.15, -0.1) is 0 Å². The maximum atomic E-state index is 13.6. The number of nitrogens with zero attached hydrogens (tertiary/aromatic N) is 2. The zero-order valence-corrected chi connectivity index (χ0v) is 12.1. The molecule has 4 nitrogen and oxygen atoms in total. The van der Waals surface area contributed by atoms with Gasteiger partial charge >= 0.3 is 0 Å². The number of carbonyl (C=O) groups excluding carboxylic acids is 1. The molecule has 2 rings (SSSR count). The molecule has 1 N–H and O–H groups in total. The van der Waals surface area contributed by atoms with Crippen LogP contribution in [0.15, 0.2) is 18.2 Å². The lowest BCUT2D eigenvalue weighted by Crippen LogP contribution is -2.24. The number of nitrogens with one attached hydrogen (secondary N) is 1. The number of hydrogen-bond donors (Lipinski definition) is 1. The van der Waals surface area contributed by atoms with Crippen molar-refractivity contribution >= 4 is 5.91 Å². The molecule has 0 fully saturated rings. The lowest BCUT2D eigenvalue weighted by atomic mass is 10.1. The van der Waals surface area contributed by atoms with Crippen LogP contribution in [0.25, 0.3) is 0 Å². The lowest BCUT2D eigenvalue weighted by molar-refractivity contribution is 0.0946. The average Bonchev–Trinajstić information content (AvgIpc) is 2.64. The summed E-state index contributed by atoms with van der Waals surface area (Å²) in [5.74, 6) is -0.915. The minimum Gasteiger partial charge on any atom is -0.348 e. The highest BCUT2D eigenvalue weighted by atomic mass is 19.1. The summed E-state index contributed by atoms with van der Waals surface area (Å²) < 4.78 is 15.4. The van der Waals surface area contributed by atoms with Crippen LogP contribution >= 0.6 is 0 Å². The van der Waals surface area contributed by atoms with Gasteiger partial charge in [0.1, 0.15) is 5.82 Å². The van der Waals surface area contributed by atoms with E-state index in [0.717, 1.165) is 22.5 Å². The summed E-state index contributed by atoms with van der Waals surface area (Å²) in [6.45, 7) is 6.00. The van der Waals surface area contributed by atoms with E-state index in [2.05, 4.69) is 10.4 Å². The zero-order valence-electron chi connectivity index (χ0n) is 12.1. The normalized spacial score (nSPS) is 10.7. The van der Waals surface area contributed by atoms with Crippen molar-refractivity contribution in [3.63, 3.8) is 0 Å². The van der Waals surface area contributed by atoms with Crippen molar-refractivity contribution in [1.29, 1.82) is 0 Å². The van der Waals surface area contributed by atoms with Gasteiger partial charge in [0.25, 0.3) is 5.91 Å². The maximum absolute atomic E-state index is 13.6. The Hall–Kier alpha value is -2.17. The van der Waals surface area contributed by atoms with Crippen molar-refractivity contribution < 1.29 is 9.18 Å². The molecule has 0 aliphatic heterocycles. The van der Waals surface area contributed by atoms with Gasteiger partial charge in [0.2, 0.25) is 0 Å². The van der Waals surface area contributed by atoms with E-state index in [1.54, 1.807) is 16.8 Å². The standard InChI is InChI=1S/C15H18FN3O/c1-9-5-6-14(16)12(7-9)15(20)17-8-13-10(2)18-19(4)11(13)3/h5-7H,8H2,1-4H3,(H,17,20). The highest BCUT2D eigenvalue weighted by Gasteiger charge is 2.14. The fourth-order valence-corrected chi connectivity index (χ4v) is 2.15. The van der Waals surface area contributed by atoms with Crippen LogP contribution in [0.2, 0.25) is 0 Å². The van der Waals surface area contributed by atoms with Crippen LogP contribution in [-0.2, 0) is 13.6 Å². The molecular weight excluding hydrogens is 257 g/mol. The maximum Gasteiger partial charge on any atom is 0.254 e. The SMILES string of the molecule is Cc1ccc(F)c(C(=O)NCc2c(C)nn(C)c2C)c1. The van der Waals surface area contributed by atoms with Crippen molar-refractivity contribution in [2.75, 3.05) is 0 Å². The van der Waals surface area contributed by atoms with E-state index < -0.39 is 11.7 Å². The Balaban J connectivity index is 2.15. The van der Waals surface area contributed by atoms with E-state index in [1.807, 2.05) is 27.8 Å². The Morgan fingerprint density at radius 3 is 2.65 bits per heavy atom. The minimum atomic E-state index is -0.507. The highest BCUT2D eigenvalue weighted by molar-refractivity contribution is 5.94. The first-order chi connectivity index (χ1) is 9.40. The second-order valence-corrected chi connectivity index (χ2v) is 4.94. The molecule has 0 aliphatic carbocycles. The van der Waals surface area contributed by atoms with Crippen molar-refractivity contribution in [1.82, 2.24) is 15.1 Å². The number of benzene rings is 1. The number of rotatable bonds is 3. The second kappa shape index (κ2) is 5.45. The molecule has 1 aromatic heterocycles. The van der Waals surface area contributed by atoms with Crippen LogP contribution < -0.4 is 5.32 Å². The number of hydrogen-bond acceptors (Lipinski definition) is 2. The first-order valence-electron chi connectivity index (χ1n) is 6.43. The predicted molar refractivity (Wildman–Crippen MR) is 75.0 cm³/mol. The second-order valence-electron chi connectivity index (χ2n) is 4.94. The highest BCUT2D eigenvalue weighted by Crippen LogP contribution is 2.13. The Morgan fingerprint density at radius 2 is 2.05 bits per heavy atom. The van der Waals surface area contributed by atoms with Gasteiger partial charge in [-0.25, -0.2) is 4.39 Å². The largest absolute Gasteiger partial charge is 0.348 e. The van der Waals surface area contributed by atoms with Gasteiger partial charge in [0, 0.05) is 24.8 Å². The summed E-state index contributed by atoms with van der Waals surface area (Å²) in [6.07, 6.45) is 0. The number of amides is 1. The zero-order chi connectivity index (χ0) is 14.9. The third-order valence-corrected chi connectivity index (χ3v) is 3.45. The summed E-state index contributed by atoms with van der Waals surface area (Å²) >= 11 is 0. The Labute approximate surface area is 117 Å². The van der Waals surface area contributed by atoms with Gasteiger partial charge in [0.05, 0.1) is 11.3 Å². The van der Waals surface area contributed by atoms with Crippen molar-refractivity contribution in [3.8, 4) is 0 Å². The summed E-state index contributed by atoms with van der Waals surface area (Å²) in [4.78, 5) is 12.0. The van der Waals surface area contributed by atoms with E-state index >= 15 is 0 Å². The van der Waals surface area contributed by atoms with Crippen LogP contribution in [0.5, 0.6) is 0 Å². The third kappa shape index (κ3) is 2.71. The molecule has 0 unspecified atom stereocenters. The van der Waals surface area contributed by atoms with Gasteiger partial charge in [-0.05, 0) is 32.9 Å². The molecule has 0 atom stereocenters.